The van der Waals surface area contributed by atoms with Crippen molar-refractivity contribution in [2.24, 2.45) is 5.92 Å². The standard InChI is InChI=1S/C15H20F3NO2/c1-20-13-9-11(7-10-3-5-19-6-4-10)8-12(14(13)21-2)15(16,17)18/h8-10,19H,3-7H2,1-2H3. The molecule has 1 aromatic carbocycles. The minimum Gasteiger partial charge on any atom is -0.493 e. The predicted octanol–water partition coefficient (Wildman–Crippen LogP) is 3.26. The van der Waals surface area contributed by atoms with Gasteiger partial charge in [-0.15, -0.1) is 0 Å². The lowest BCUT2D eigenvalue weighted by Crippen LogP contribution is -2.28. The van der Waals surface area contributed by atoms with Crippen LogP contribution in [-0.2, 0) is 12.6 Å². The molecule has 0 radical (unpaired) electrons. The van der Waals surface area contributed by atoms with E-state index in [9.17, 15) is 13.2 Å². The normalized spacial score (nSPS) is 16.8. The van der Waals surface area contributed by atoms with Crippen LogP contribution in [-0.4, -0.2) is 27.3 Å². The molecule has 1 aliphatic rings. The van der Waals surface area contributed by atoms with Crippen LogP contribution in [0.4, 0.5) is 13.2 Å². The Kier molecular flexibility index (Phi) is 4.98. The van der Waals surface area contributed by atoms with Gasteiger partial charge in [0.15, 0.2) is 11.5 Å². The Morgan fingerprint density at radius 2 is 1.81 bits per heavy atom. The maximum Gasteiger partial charge on any atom is 0.420 e. The Bertz CT molecular complexity index is 483. The van der Waals surface area contributed by atoms with Crippen molar-refractivity contribution in [1.29, 1.82) is 0 Å². The molecular weight excluding hydrogens is 283 g/mol. The summed E-state index contributed by atoms with van der Waals surface area (Å²) in [6, 6.07) is 2.83. The second-order valence-corrected chi connectivity index (χ2v) is 5.27. The van der Waals surface area contributed by atoms with Crippen LogP contribution in [0.25, 0.3) is 0 Å². The monoisotopic (exact) mass is 303 g/mol. The largest absolute Gasteiger partial charge is 0.493 e. The first-order valence-corrected chi connectivity index (χ1v) is 6.98. The molecule has 1 fully saturated rings. The van der Waals surface area contributed by atoms with Crippen molar-refractivity contribution in [2.45, 2.75) is 25.4 Å². The van der Waals surface area contributed by atoms with E-state index in [2.05, 4.69) is 5.32 Å². The number of rotatable bonds is 4. The minimum atomic E-state index is -4.46. The third-order valence-corrected chi connectivity index (χ3v) is 3.83. The molecule has 1 saturated heterocycles. The molecule has 0 aromatic heterocycles. The number of nitrogens with one attached hydrogen (secondary N) is 1. The average molecular weight is 303 g/mol. The molecular formula is C15H20F3NO2. The maximum atomic E-state index is 13.2. The summed E-state index contributed by atoms with van der Waals surface area (Å²) >= 11 is 0. The van der Waals surface area contributed by atoms with Crippen LogP contribution >= 0.6 is 0 Å². The van der Waals surface area contributed by atoms with E-state index in [1.807, 2.05) is 0 Å². The number of methoxy groups -OCH3 is 2. The van der Waals surface area contributed by atoms with Crippen LogP contribution in [0.3, 0.4) is 0 Å². The van der Waals surface area contributed by atoms with E-state index in [1.54, 1.807) is 6.07 Å². The van der Waals surface area contributed by atoms with E-state index in [1.165, 1.54) is 20.3 Å². The fraction of sp³-hybridized carbons (Fsp3) is 0.600. The van der Waals surface area contributed by atoms with Crippen molar-refractivity contribution < 1.29 is 22.6 Å². The lowest BCUT2D eigenvalue weighted by molar-refractivity contribution is -0.138. The van der Waals surface area contributed by atoms with Gasteiger partial charge in [0.05, 0.1) is 14.2 Å². The van der Waals surface area contributed by atoms with Crippen LogP contribution in [0.15, 0.2) is 12.1 Å². The van der Waals surface area contributed by atoms with Crippen LogP contribution in [0.2, 0.25) is 0 Å². The molecule has 0 spiro atoms. The van der Waals surface area contributed by atoms with Gasteiger partial charge in [-0.25, -0.2) is 0 Å². The average Bonchev–Trinajstić information content (AvgIpc) is 2.46. The first-order valence-electron chi connectivity index (χ1n) is 6.98. The summed E-state index contributed by atoms with van der Waals surface area (Å²) in [6.07, 6.45) is -1.86. The summed E-state index contributed by atoms with van der Waals surface area (Å²) in [7, 11) is 2.58. The van der Waals surface area contributed by atoms with Gasteiger partial charge in [-0.2, -0.15) is 13.2 Å². The van der Waals surface area contributed by atoms with Gasteiger partial charge in [0, 0.05) is 0 Å². The molecule has 0 amide bonds. The van der Waals surface area contributed by atoms with Gasteiger partial charge in [0.1, 0.15) is 5.56 Å². The van der Waals surface area contributed by atoms with Crippen molar-refractivity contribution >= 4 is 0 Å². The van der Waals surface area contributed by atoms with Gasteiger partial charge >= 0.3 is 6.18 Å². The molecule has 0 aliphatic carbocycles. The molecule has 1 N–H and O–H groups in total. The number of alkyl halides is 3. The van der Waals surface area contributed by atoms with Gasteiger partial charge in [0.2, 0.25) is 0 Å². The van der Waals surface area contributed by atoms with E-state index < -0.39 is 11.7 Å². The van der Waals surface area contributed by atoms with E-state index in [0.717, 1.165) is 25.9 Å². The number of piperidine rings is 1. The lowest BCUT2D eigenvalue weighted by Gasteiger charge is -2.24. The molecule has 0 atom stereocenters. The maximum absolute atomic E-state index is 13.2. The van der Waals surface area contributed by atoms with Crippen LogP contribution in [0.5, 0.6) is 11.5 Å². The van der Waals surface area contributed by atoms with Crippen molar-refractivity contribution in [3.05, 3.63) is 23.3 Å². The molecule has 1 heterocycles. The molecule has 0 unspecified atom stereocenters. The Morgan fingerprint density at radius 3 is 2.33 bits per heavy atom. The van der Waals surface area contributed by atoms with Crippen LogP contribution < -0.4 is 14.8 Å². The van der Waals surface area contributed by atoms with E-state index in [-0.39, 0.29) is 11.5 Å². The summed E-state index contributed by atoms with van der Waals surface area (Å²) in [4.78, 5) is 0. The van der Waals surface area contributed by atoms with Gasteiger partial charge in [0.25, 0.3) is 0 Å². The third-order valence-electron chi connectivity index (χ3n) is 3.83. The summed E-state index contributed by atoms with van der Waals surface area (Å²) in [6.45, 7) is 1.84. The molecule has 6 heteroatoms. The van der Waals surface area contributed by atoms with Gasteiger partial charge < -0.3 is 14.8 Å². The summed E-state index contributed by atoms with van der Waals surface area (Å²) < 4.78 is 49.4. The third kappa shape index (κ3) is 3.81. The number of hydrogen-bond donors (Lipinski definition) is 1. The summed E-state index contributed by atoms with van der Waals surface area (Å²) in [5.74, 6) is 0.292. The topological polar surface area (TPSA) is 30.5 Å². The van der Waals surface area contributed by atoms with Crippen molar-refractivity contribution in [1.82, 2.24) is 5.32 Å². The summed E-state index contributed by atoms with van der Waals surface area (Å²) in [5.41, 5.74) is -0.125. The van der Waals surface area contributed by atoms with E-state index in [0.29, 0.717) is 17.9 Å². The Labute approximate surface area is 122 Å². The number of hydrogen-bond acceptors (Lipinski definition) is 3. The van der Waals surface area contributed by atoms with Gasteiger partial charge in [-0.05, 0) is 56.0 Å². The summed E-state index contributed by atoms with van der Waals surface area (Å²) in [5, 5.41) is 3.25. The van der Waals surface area contributed by atoms with Crippen LogP contribution in [0.1, 0.15) is 24.0 Å². The lowest BCUT2D eigenvalue weighted by atomic mass is 9.90. The first-order chi connectivity index (χ1) is 9.95. The molecule has 0 saturated carbocycles. The van der Waals surface area contributed by atoms with E-state index >= 15 is 0 Å². The molecule has 2 rings (SSSR count). The highest BCUT2D eigenvalue weighted by atomic mass is 19.4. The Balaban J connectivity index is 2.33. The zero-order chi connectivity index (χ0) is 15.5. The first kappa shape index (κ1) is 15.9. The Morgan fingerprint density at radius 1 is 1.14 bits per heavy atom. The zero-order valence-corrected chi connectivity index (χ0v) is 12.2. The highest BCUT2D eigenvalue weighted by Crippen LogP contribution is 2.42. The molecule has 0 bridgehead atoms. The van der Waals surface area contributed by atoms with E-state index in [4.69, 9.17) is 9.47 Å². The van der Waals surface area contributed by atoms with Crippen molar-refractivity contribution in [2.75, 3.05) is 27.3 Å². The van der Waals surface area contributed by atoms with Gasteiger partial charge in [-0.3, -0.25) is 0 Å². The van der Waals surface area contributed by atoms with Crippen molar-refractivity contribution in [3.8, 4) is 11.5 Å². The SMILES string of the molecule is COc1cc(CC2CCNCC2)cc(C(F)(F)F)c1OC. The number of benzene rings is 1. The molecule has 118 valence electrons. The fourth-order valence-corrected chi connectivity index (χ4v) is 2.77. The van der Waals surface area contributed by atoms with Crippen molar-refractivity contribution in [3.63, 3.8) is 0 Å². The minimum absolute atomic E-state index is 0.135. The highest BCUT2D eigenvalue weighted by Gasteiger charge is 2.36. The Hall–Kier alpha value is -1.43. The predicted molar refractivity (Wildman–Crippen MR) is 73.8 cm³/mol. The van der Waals surface area contributed by atoms with Gasteiger partial charge in [-0.1, -0.05) is 0 Å². The molecule has 1 aromatic rings. The quantitative estimate of drug-likeness (QED) is 0.926. The zero-order valence-electron chi connectivity index (χ0n) is 12.2. The second-order valence-electron chi connectivity index (χ2n) is 5.27. The van der Waals surface area contributed by atoms with Crippen LogP contribution in [0, 0.1) is 5.92 Å². The molecule has 21 heavy (non-hydrogen) atoms. The smallest absolute Gasteiger partial charge is 0.420 e. The highest BCUT2D eigenvalue weighted by molar-refractivity contribution is 5.51. The fourth-order valence-electron chi connectivity index (χ4n) is 2.77. The molecule has 3 nitrogen and oxygen atoms in total. The number of ether oxygens (including phenoxy) is 2. The second kappa shape index (κ2) is 6.56. The molecule has 1 aliphatic heterocycles. The number of halogens is 3.